The van der Waals surface area contributed by atoms with Crippen LogP contribution < -0.4 is 4.74 Å². The molecular weight excluding hydrogens is 375 g/mol. The van der Waals surface area contributed by atoms with Gasteiger partial charge in [0, 0.05) is 30.7 Å². The molecule has 3 rings (SSSR count). The smallest absolute Gasteiger partial charge is 0.416 e. The Morgan fingerprint density at radius 3 is 2.43 bits per heavy atom. The fraction of sp³-hybridized carbons (Fsp3) is 0.350. The van der Waals surface area contributed by atoms with Crippen LogP contribution in [-0.4, -0.2) is 41.3 Å². The lowest BCUT2D eigenvalue weighted by Gasteiger charge is -2.16. The van der Waals surface area contributed by atoms with Gasteiger partial charge in [-0.05, 0) is 30.2 Å². The molecule has 0 unspecified atom stereocenters. The van der Waals surface area contributed by atoms with Gasteiger partial charge in [-0.15, -0.1) is 0 Å². The second kappa shape index (κ2) is 7.71. The van der Waals surface area contributed by atoms with Crippen molar-refractivity contribution in [2.24, 2.45) is 0 Å². The van der Waals surface area contributed by atoms with Crippen LogP contribution in [-0.2, 0) is 25.6 Å². The van der Waals surface area contributed by atoms with Gasteiger partial charge in [-0.25, -0.2) is 0 Å². The number of benzene rings is 2. The summed E-state index contributed by atoms with van der Waals surface area (Å²) in [7, 11) is 1.42. The number of aliphatic hydroxyl groups excluding tert-OH is 1. The highest BCUT2D eigenvalue weighted by atomic mass is 19.4. The van der Waals surface area contributed by atoms with Gasteiger partial charge in [-0.2, -0.15) is 13.2 Å². The van der Waals surface area contributed by atoms with Gasteiger partial charge in [0.25, 0.3) is 5.91 Å². The van der Waals surface area contributed by atoms with E-state index in [1.807, 2.05) is 0 Å². The summed E-state index contributed by atoms with van der Waals surface area (Å²) >= 11 is 0. The minimum Gasteiger partial charge on any atom is -0.507 e. The topological polar surface area (TPSA) is 70.0 Å². The Bertz CT molecular complexity index is 879. The predicted octanol–water partition coefficient (Wildman–Crippen LogP) is 3.15. The van der Waals surface area contributed by atoms with Crippen LogP contribution in [0, 0.1) is 0 Å². The summed E-state index contributed by atoms with van der Waals surface area (Å²) in [5.41, 5.74) is 1.22. The second-order valence-electron chi connectivity index (χ2n) is 6.58. The molecule has 150 valence electrons. The highest BCUT2D eigenvalue weighted by molar-refractivity contribution is 6.00. The standard InChI is InChI=1S/C20H20F3NO4/c1-28-17-10-15-16(18(26)14(17)7-9-25)11-24(19(15)27)8-6-12-2-4-13(5-3-12)20(21,22)23/h2-5,10,25-26H,6-9,11H2,1H3. The van der Waals surface area contributed by atoms with Gasteiger partial charge in [0.1, 0.15) is 11.5 Å². The van der Waals surface area contributed by atoms with Crippen molar-refractivity contribution in [1.82, 2.24) is 4.90 Å². The molecule has 0 spiro atoms. The highest BCUT2D eigenvalue weighted by Gasteiger charge is 2.33. The monoisotopic (exact) mass is 395 g/mol. The van der Waals surface area contributed by atoms with Gasteiger partial charge >= 0.3 is 6.18 Å². The normalized spacial score (nSPS) is 13.8. The Kier molecular flexibility index (Phi) is 5.51. The molecule has 0 aliphatic carbocycles. The van der Waals surface area contributed by atoms with E-state index in [9.17, 15) is 28.2 Å². The summed E-state index contributed by atoms with van der Waals surface area (Å²) in [6, 6.07) is 6.40. The molecule has 8 heteroatoms. The first-order valence-electron chi connectivity index (χ1n) is 8.74. The third-order valence-corrected chi connectivity index (χ3v) is 4.87. The Hall–Kier alpha value is -2.74. The van der Waals surface area contributed by atoms with Crippen molar-refractivity contribution in [3.63, 3.8) is 0 Å². The van der Waals surface area contributed by atoms with Crippen LogP contribution in [0.4, 0.5) is 13.2 Å². The molecule has 0 saturated carbocycles. The Morgan fingerprint density at radius 2 is 1.86 bits per heavy atom. The number of carbonyl (C=O) groups excluding carboxylic acids is 1. The number of phenolic OH excluding ortho intramolecular Hbond substituents is 1. The maximum atomic E-state index is 12.7. The Labute approximate surface area is 160 Å². The maximum absolute atomic E-state index is 12.7. The minimum absolute atomic E-state index is 0.0613. The number of hydrogen-bond donors (Lipinski definition) is 2. The zero-order valence-electron chi connectivity index (χ0n) is 15.2. The van der Waals surface area contributed by atoms with Crippen LogP contribution in [0.25, 0.3) is 0 Å². The summed E-state index contributed by atoms with van der Waals surface area (Å²) in [5.74, 6) is 0.00285. The molecule has 2 N–H and O–H groups in total. The van der Waals surface area contributed by atoms with Crippen LogP contribution in [0.1, 0.15) is 32.6 Å². The van der Waals surface area contributed by atoms with Crippen LogP contribution >= 0.6 is 0 Å². The molecule has 0 bridgehead atoms. The van der Waals surface area contributed by atoms with Crippen LogP contribution in [0.5, 0.6) is 11.5 Å². The average Bonchev–Trinajstić information content (AvgIpc) is 2.98. The number of aromatic hydroxyl groups is 1. The fourth-order valence-electron chi connectivity index (χ4n) is 3.36. The summed E-state index contributed by atoms with van der Waals surface area (Å²) in [5, 5.41) is 19.7. The van der Waals surface area contributed by atoms with Gasteiger partial charge in [0.15, 0.2) is 0 Å². The van der Waals surface area contributed by atoms with Gasteiger partial charge in [-0.1, -0.05) is 12.1 Å². The predicted molar refractivity (Wildman–Crippen MR) is 95.3 cm³/mol. The largest absolute Gasteiger partial charge is 0.507 e. The number of fused-ring (bicyclic) bond motifs is 1. The molecule has 1 heterocycles. The molecule has 2 aromatic carbocycles. The van der Waals surface area contributed by atoms with Gasteiger partial charge in [-0.3, -0.25) is 4.79 Å². The fourth-order valence-corrected chi connectivity index (χ4v) is 3.36. The number of rotatable bonds is 6. The van der Waals surface area contributed by atoms with Gasteiger partial charge in [0.05, 0.1) is 24.8 Å². The molecule has 0 radical (unpaired) electrons. The van der Waals surface area contributed by atoms with Crippen molar-refractivity contribution >= 4 is 5.91 Å². The number of amides is 1. The first-order valence-corrected chi connectivity index (χ1v) is 8.74. The van der Waals surface area contributed by atoms with E-state index in [4.69, 9.17) is 4.74 Å². The van der Waals surface area contributed by atoms with Crippen molar-refractivity contribution in [1.29, 1.82) is 0 Å². The number of ether oxygens (including phenoxy) is 1. The summed E-state index contributed by atoms with van der Waals surface area (Å²) in [4.78, 5) is 14.2. The summed E-state index contributed by atoms with van der Waals surface area (Å²) < 4.78 is 43.1. The van der Waals surface area contributed by atoms with Gasteiger partial charge < -0.3 is 19.8 Å². The van der Waals surface area contributed by atoms with E-state index < -0.39 is 11.7 Å². The molecule has 28 heavy (non-hydrogen) atoms. The number of alkyl halides is 3. The zero-order valence-corrected chi connectivity index (χ0v) is 15.2. The van der Waals surface area contributed by atoms with Crippen molar-refractivity contribution in [2.75, 3.05) is 20.3 Å². The molecule has 1 aliphatic rings. The van der Waals surface area contributed by atoms with Crippen molar-refractivity contribution in [3.8, 4) is 11.5 Å². The molecule has 1 amide bonds. The molecule has 0 aromatic heterocycles. The third-order valence-electron chi connectivity index (χ3n) is 4.87. The first-order chi connectivity index (χ1) is 13.3. The SMILES string of the molecule is COc1cc2c(c(O)c1CCO)CN(CCc1ccc(C(F)(F)F)cc1)C2=O. The lowest BCUT2D eigenvalue weighted by molar-refractivity contribution is -0.137. The quantitative estimate of drug-likeness (QED) is 0.789. The second-order valence-corrected chi connectivity index (χ2v) is 6.58. The van der Waals surface area contributed by atoms with Crippen molar-refractivity contribution in [3.05, 3.63) is 58.1 Å². The van der Waals surface area contributed by atoms with Crippen molar-refractivity contribution < 1.29 is 32.9 Å². The van der Waals surface area contributed by atoms with E-state index in [0.29, 0.717) is 41.0 Å². The van der Waals surface area contributed by atoms with Crippen LogP contribution in [0.15, 0.2) is 30.3 Å². The molecule has 0 saturated heterocycles. The Balaban J connectivity index is 1.75. The van der Waals surface area contributed by atoms with E-state index in [1.54, 1.807) is 6.07 Å². The van der Waals surface area contributed by atoms with Crippen molar-refractivity contribution in [2.45, 2.75) is 25.6 Å². The number of carbonyl (C=O) groups is 1. The highest BCUT2D eigenvalue weighted by Crippen LogP contribution is 2.39. The van der Waals surface area contributed by atoms with E-state index >= 15 is 0 Å². The van der Waals surface area contributed by atoms with Gasteiger partial charge in [0.2, 0.25) is 0 Å². The average molecular weight is 395 g/mol. The van der Waals surface area contributed by atoms with Crippen LogP contribution in [0.3, 0.4) is 0 Å². The minimum atomic E-state index is -4.38. The summed E-state index contributed by atoms with van der Waals surface area (Å²) in [6.45, 7) is 0.327. The lowest BCUT2D eigenvalue weighted by Crippen LogP contribution is -2.26. The van der Waals surface area contributed by atoms with E-state index in [2.05, 4.69) is 0 Å². The molecule has 5 nitrogen and oxygen atoms in total. The van der Waals surface area contributed by atoms with E-state index in [0.717, 1.165) is 12.1 Å². The third kappa shape index (κ3) is 3.77. The molecule has 2 aromatic rings. The maximum Gasteiger partial charge on any atom is 0.416 e. The zero-order chi connectivity index (χ0) is 20.5. The molecular formula is C20H20F3NO4. The number of phenols is 1. The first kappa shape index (κ1) is 20.0. The number of halogens is 3. The molecule has 1 aliphatic heterocycles. The summed E-state index contributed by atoms with van der Waals surface area (Å²) in [6.07, 6.45) is -3.80. The van der Waals surface area contributed by atoms with E-state index in [-0.39, 0.29) is 31.2 Å². The van der Waals surface area contributed by atoms with Crippen LogP contribution in [0.2, 0.25) is 0 Å². The number of hydrogen-bond acceptors (Lipinski definition) is 4. The number of aliphatic hydroxyl groups is 1. The molecule has 0 atom stereocenters. The lowest BCUT2D eigenvalue weighted by atomic mass is 10.0. The number of nitrogens with zero attached hydrogens (tertiary/aromatic N) is 1. The Morgan fingerprint density at radius 1 is 1.18 bits per heavy atom. The number of methoxy groups -OCH3 is 1. The molecule has 0 fully saturated rings. The van der Waals surface area contributed by atoms with E-state index in [1.165, 1.54) is 24.1 Å².